The van der Waals surface area contributed by atoms with Crippen LogP contribution in [0.1, 0.15) is 41.8 Å². The van der Waals surface area contributed by atoms with Gasteiger partial charge in [-0.15, -0.1) is 11.3 Å². The van der Waals surface area contributed by atoms with Gasteiger partial charge in [-0.2, -0.15) is 0 Å². The molecular weight excluding hydrogens is 410 g/mol. The van der Waals surface area contributed by atoms with Gasteiger partial charge in [0, 0.05) is 61.3 Å². The quantitative estimate of drug-likeness (QED) is 0.505. The minimum Gasteiger partial charge on any atom is -0.391 e. The van der Waals surface area contributed by atoms with Crippen molar-refractivity contribution in [3.63, 3.8) is 0 Å². The van der Waals surface area contributed by atoms with Gasteiger partial charge < -0.3 is 21.5 Å². The van der Waals surface area contributed by atoms with E-state index < -0.39 is 6.10 Å². The molecule has 0 amide bonds. The highest BCUT2D eigenvalue weighted by atomic mass is 32.1. The van der Waals surface area contributed by atoms with E-state index in [4.69, 9.17) is 11.5 Å². The summed E-state index contributed by atoms with van der Waals surface area (Å²) in [6, 6.07) is 3.66. The summed E-state index contributed by atoms with van der Waals surface area (Å²) in [5.41, 5.74) is 16.5. The molecule has 0 unspecified atom stereocenters. The molecule has 3 aromatic rings. The van der Waals surface area contributed by atoms with Crippen molar-refractivity contribution in [1.29, 1.82) is 0 Å². The first-order valence-corrected chi connectivity index (χ1v) is 11.5. The number of aliphatic hydroxyl groups is 1. The van der Waals surface area contributed by atoms with Crippen molar-refractivity contribution in [3.8, 4) is 0 Å². The maximum atomic E-state index is 13.3. The summed E-state index contributed by atoms with van der Waals surface area (Å²) in [6.45, 7) is 5.32. The number of nitrogen functional groups attached to an aromatic ring is 1. The van der Waals surface area contributed by atoms with E-state index in [1.165, 1.54) is 11.3 Å². The van der Waals surface area contributed by atoms with Crippen LogP contribution in [-0.4, -0.2) is 46.1 Å². The van der Waals surface area contributed by atoms with E-state index in [1.54, 1.807) is 12.4 Å². The van der Waals surface area contributed by atoms with Gasteiger partial charge in [-0.1, -0.05) is 20.3 Å². The van der Waals surface area contributed by atoms with Gasteiger partial charge in [0.15, 0.2) is 5.78 Å². The molecule has 0 saturated carbocycles. The Morgan fingerprint density at radius 2 is 2.16 bits per heavy atom. The third-order valence-electron chi connectivity index (χ3n) is 5.96. The highest BCUT2D eigenvalue weighted by Gasteiger charge is 2.32. The molecule has 5 N–H and O–H groups in total. The molecule has 4 heterocycles. The molecule has 1 aliphatic rings. The smallest absolute Gasteiger partial charge is 0.172 e. The number of nitrogens with zero attached hydrogens (tertiary/aromatic N) is 3. The molecule has 3 aromatic heterocycles. The number of nitrogens with two attached hydrogens (primary N) is 2. The Morgan fingerprint density at radius 3 is 2.90 bits per heavy atom. The number of rotatable bonds is 6. The molecule has 1 saturated heterocycles. The fourth-order valence-electron chi connectivity index (χ4n) is 4.37. The van der Waals surface area contributed by atoms with Gasteiger partial charge in [-0.3, -0.25) is 14.8 Å². The standard InChI is InChI=1S/C23H29N5O2S/c1-3-4-14-7-19-21(27-9-14)20(23(25)31-19)18(29)8-15-10-26-6-5-17(15)28-11-13(2)22(30)16(24)12-28/h5-7,9-10,13,16,22,30H,3-4,8,11-12,24-25H2,1-2H3/t13-,16+,22+/m0/s1. The summed E-state index contributed by atoms with van der Waals surface area (Å²) in [6.07, 6.45) is 6.94. The van der Waals surface area contributed by atoms with Crippen LogP contribution in [0.15, 0.2) is 30.7 Å². The van der Waals surface area contributed by atoms with Crippen LogP contribution in [-0.2, 0) is 12.8 Å². The Bertz CT molecular complexity index is 1090. The first-order valence-electron chi connectivity index (χ1n) is 10.7. The van der Waals surface area contributed by atoms with Crippen LogP contribution >= 0.6 is 11.3 Å². The van der Waals surface area contributed by atoms with Crippen LogP contribution in [0.4, 0.5) is 10.7 Å². The Balaban J connectivity index is 1.62. The van der Waals surface area contributed by atoms with Crippen molar-refractivity contribution in [2.24, 2.45) is 11.7 Å². The second-order valence-electron chi connectivity index (χ2n) is 8.42. The predicted molar refractivity (Wildman–Crippen MR) is 126 cm³/mol. The van der Waals surface area contributed by atoms with Crippen LogP contribution in [0.25, 0.3) is 10.2 Å². The summed E-state index contributed by atoms with van der Waals surface area (Å²) < 4.78 is 0.947. The normalized spacial score (nSPS) is 21.5. The molecule has 31 heavy (non-hydrogen) atoms. The molecule has 1 aliphatic heterocycles. The van der Waals surface area contributed by atoms with Crippen LogP contribution in [0, 0.1) is 5.92 Å². The van der Waals surface area contributed by atoms with Crippen molar-refractivity contribution >= 4 is 38.0 Å². The Hall–Kier alpha value is -2.55. The number of carbonyl (C=O) groups is 1. The summed E-state index contributed by atoms with van der Waals surface area (Å²) >= 11 is 1.41. The summed E-state index contributed by atoms with van der Waals surface area (Å²) in [7, 11) is 0. The van der Waals surface area contributed by atoms with Gasteiger partial charge in [-0.05, 0) is 24.1 Å². The SMILES string of the molecule is CCCc1cnc2c(C(=O)Cc3cnccc3N3C[C@@H](N)[C@H](O)[C@@H](C)C3)c(N)sc2c1. The number of thiophene rings is 1. The number of piperidine rings is 1. The van der Waals surface area contributed by atoms with Crippen molar-refractivity contribution < 1.29 is 9.90 Å². The van der Waals surface area contributed by atoms with Crippen molar-refractivity contribution in [2.75, 3.05) is 23.7 Å². The minimum absolute atomic E-state index is 0.0402. The second-order valence-corrected chi connectivity index (χ2v) is 9.51. The van der Waals surface area contributed by atoms with Crippen molar-refractivity contribution in [1.82, 2.24) is 9.97 Å². The zero-order chi connectivity index (χ0) is 22.1. The van der Waals surface area contributed by atoms with Crippen molar-refractivity contribution in [3.05, 3.63) is 47.4 Å². The number of aliphatic hydroxyl groups excluding tert-OH is 1. The second kappa shape index (κ2) is 8.90. The van der Waals surface area contributed by atoms with Crippen LogP contribution in [0.5, 0.6) is 0 Å². The molecule has 0 aromatic carbocycles. The van der Waals surface area contributed by atoms with E-state index in [1.807, 2.05) is 19.2 Å². The van der Waals surface area contributed by atoms with E-state index in [2.05, 4.69) is 27.9 Å². The highest BCUT2D eigenvalue weighted by molar-refractivity contribution is 7.23. The van der Waals surface area contributed by atoms with Gasteiger partial charge >= 0.3 is 0 Å². The van der Waals surface area contributed by atoms with Gasteiger partial charge in [0.1, 0.15) is 0 Å². The Kier molecular flexibility index (Phi) is 6.22. The predicted octanol–water partition coefficient (Wildman–Crippen LogP) is 2.80. The van der Waals surface area contributed by atoms with Gasteiger partial charge in [0.05, 0.1) is 26.9 Å². The fraction of sp³-hybridized carbons (Fsp3) is 0.435. The third kappa shape index (κ3) is 4.28. The number of hydrogen-bond acceptors (Lipinski definition) is 8. The topological polar surface area (TPSA) is 118 Å². The van der Waals surface area contributed by atoms with Gasteiger partial charge in [0.25, 0.3) is 0 Å². The van der Waals surface area contributed by atoms with Gasteiger partial charge in [-0.25, -0.2) is 0 Å². The molecule has 0 bridgehead atoms. The fourth-order valence-corrected chi connectivity index (χ4v) is 5.38. The molecule has 0 aliphatic carbocycles. The number of hydrogen-bond donors (Lipinski definition) is 3. The van der Waals surface area contributed by atoms with Crippen LogP contribution < -0.4 is 16.4 Å². The number of carbonyl (C=O) groups excluding carboxylic acids is 1. The summed E-state index contributed by atoms with van der Waals surface area (Å²) in [5.74, 6) is -0.0263. The number of aryl methyl sites for hydroxylation is 1. The monoisotopic (exact) mass is 439 g/mol. The largest absolute Gasteiger partial charge is 0.391 e. The number of anilines is 2. The zero-order valence-electron chi connectivity index (χ0n) is 17.9. The third-order valence-corrected chi connectivity index (χ3v) is 6.92. The lowest BCUT2D eigenvalue weighted by atomic mass is 9.92. The molecular formula is C23H29N5O2S. The molecule has 4 rings (SSSR count). The lowest BCUT2D eigenvalue weighted by Gasteiger charge is -2.40. The molecule has 7 nitrogen and oxygen atoms in total. The molecule has 164 valence electrons. The van der Waals surface area contributed by atoms with E-state index >= 15 is 0 Å². The number of ketones is 1. The summed E-state index contributed by atoms with van der Waals surface area (Å²) in [4.78, 5) is 24.3. The lowest BCUT2D eigenvalue weighted by Crippen LogP contribution is -2.55. The van der Waals surface area contributed by atoms with E-state index in [0.29, 0.717) is 29.2 Å². The van der Waals surface area contributed by atoms with E-state index in [9.17, 15) is 9.90 Å². The zero-order valence-corrected chi connectivity index (χ0v) is 18.7. The molecule has 3 atom stereocenters. The number of pyridine rings is 2. The first kappa shape index (κ1) is 21.7. The molecule has 8 heteroatoms. The first-order chi connectivity index (χ1) is 14.9. The minimum atomic E-state index is -0.524. The average Bonchev–Trinajstić information content (AvgIpc) is 3.07. The Morgan fingerprint density at radius 1 is 1.35 bits per heavy atom. The van der Waals surface area contributed by atoms with Crippen LogP contribution in [0.2, 0.25) is 0 Å². The number of aromatic nitrogens is 2. The molecule has 0 radical (unpaired) electrons. The Labute approximate surface area is 186 Å². The van der Waals surface area contributed by atoms with Gasteiger partial charge in [0.2, 0.25) is 0 Å². The highest BCUT2D eigenvalue weighted by Crippen LogP contribution is 2.35. The maximum absolute atomic E-state index is 13.3. The van der Waals surface area contributed by atoms with Crippen LogP contribution in [0.3, 0.4) is 0 Å². The number of fused-ring (bicyclic) bond motifs is 1. The molecule has 1 fully saturated rings. The molecule has 0 spiro atoms. The van der Waals surface area contributed by atoms with E-state index in [0.717, 1.165) is 34.4 Å². The van der Waals surface area contributed by atoms with Crippen molar-refractivity contribution in [2.45, 2.75) is 45.3 Å². The number of Topliss-reactive ketones (excluding diaryl/α,β-unsaturated/α-hetero) is 1. The lowest BCUT2D eigenvalue weighted by molar-refractivity contribution is 0.0784. The summed E-state index contributed by atoms with van der Waals surface area (Å²) in [5, 5.41) is 10.7. The van der Waals surface area contributed by atoms with E-state index in [-0.39, 0.29) is 24.2 Å². The average molecular weight is 440 g/mol. The maximum Gasteiger partial charge on any atom is 0.172 e.